The first kappa shape index (κ1) is 27.7. The highest BCUT2D eigenvalue weighted by Crippen LogP contribution is 2.57. The molecule has 4 aliphatic rings. The number of likely N-dealkylation sites (N-methyl/N-ethyl adjacent to an activating group) is 1. The first-order valence-corrected chi connectivity index (χ1v) is 14.9. The van der Waals surface area contributed by atoms with Gasteiger partial charge in [0.05, 0.1) is 23.9 Å². The Kier molecular flexibility index (Phi) is 6.96. The van der Waals surface area contributed by atoms with E-state index in [2.05, 4.69) is 40.6 Å². The maximum atomic E-state index is 16.5. The number of pyridine rings is 1. The number of nitriles is 1. The number of piperazine rings is 1. The van der Waals surface area contributed by atoms with Gasteiger partial charge in [-0.1, -0.05) is 24.8 Å². The normalized spacial score (nSPS) is 24.5. The van der Waals surface area contributed by atoms with Crippen molar-refractivity contribution in [2.24, 2.45) is 5.92 Å². The first-order chi connectivity index (χ1) is 20.8. The van der Waals surface area contributed by atoms with E-state index in [4.69, 9.17) is 9.72 Å². The maximum Gasteiger partial charge on any atom is 0.319 e. The van der Waals surface area contributed by atoms with Gasteiger partial charge in [-0.2, -0.15) is 15.2 Å². The summed E-state index contributed by atoms with van der Waals surface area (Å²) >= 11 is 0. The number of hydrogen-bond donors (Lipinski definition) is 0. The largest absolute Gasteiger partial charge is 0.462 e. The second kappa shape index (κ2) is 10.8. The Balaban J connectivity index is 1.29. The number of fused-ring (bicyclic) bond motifs is 4. The van der Waals surface area contributed by atoms with Crippen molar-refractivity contribution in [1.29, 1.82) is 5.26 Å². The number of carbonyl (C=O) groups excluding carboxylic acids is 1. The molecule has 0 bridgehead atoms. The minimum absolute atomic E-state index is 0.00618. The molecule has 0 unspecified atom stereocenters. The summed E-state index contributed by atoms with van der Waals surface area (Å²) in [6.45, 7) is 5.13. The molecule has 4 heterocycles. The third kappa shape index (κ3) is 4.87. The smallest absolute Gasteiger partial charge is 0.319 e. The van der Waals surface area contributed by atoms with Crippen molar-refractivity contribution in [3.05, 3.63) is 53.7 Å². The number of benzene rings is 1. The number of amides is 1. The van der Waals surface area contributed by atoms with Crippen LogP contribution in [0.5, 0.6) is 6.01 Å². The summed E-state index contributed by atoms with van der Waals surface area (Å²) in [6.07, 6.45) is 5.80. The fourth-order valence-electron chi connectivity index (χ4n) is 7.14. The van der Waals surface area contributed by atoms with E-state index < -0.39 is 23.6 Å². The fraction of sp³-hybridized carbons (Fsp3) is 0.469. The Hall–Kier alpha value is -4.17. The number of aromatic nitrogens is 3. The SMILES string of the molecule is C=C(F)C(=O)N1CCN(c2nc(OC[C@@H]3CCCN3C)nc3c(F)c(-c4cccc5c4C[C@H]4C[C@@H]54)ncc23)C[C@@H]1CC#N. The van der Waals surface area contributed by atoms with Gasteiger partial charge in [-0.25, -0.2) is 8.78 Å². The Morgan fingerprint density at radius 1 is 1.23 bits per heavy atom. The highest BCUT2D eigenvalue weighted by Gasteiger charge is 2.46. The summed E-state index contributed by atoms with van der Waals surface area (Å²) < 4.78 is 36.4. The quantitative estimate of drug-likeness (QED) is 0.377. The Bertz CT molecular complexity index is 1670. The van der Waals surface area contributed by atoms with Gasteiger partial charge in [0, 0.05) is 37.4 Å². The van der Waals surface area contributed by atoms with Crippen LogP contribution in [0.1, 0.15) is 42.7 Å². The van der Waals surface area contributed by atoms with Crippen LogP contribution in [0.25, 0.3) is 22.2 Å². The van der Waals surface area contributed by atoms with E-state index in [1.165, 1.54) is 22.4 Å². The molecule has 1 saturated carbocycles. The molecule has 0 radical (unpaired) electrons. The van der Waals surface area contributed by atoms with Crippen LogP contribution < -0.4 is 9.64 Å². The van der Waals surface area contributed by atoms with Crippen LogP contribution >= 0.6 is 0 Å². The molecule has 7 rings (SSSR count). The second-order valence-electron chi connectivity index (χ2n) is 12.1. The lowest BCUT2D eigenvalue weighted by atomic mass is 9.96. The van der Waals surface area contributed by atoms with Crippen LogP contribution in [-0.2, 0) is 11.2 Å². The van der Waals surface area contributed by atoms with Gasteiger partial charge in [0.25, 0.3) is 5.91 Å². The van der Waals surface area contributed by atoms with E-state index in [9.17, 15) is 14.4 Å². The molecule has 222 valence electrons. The summed E-state index contributed by atoms with van der Waals surface area (Å²) in [5.41, 5.74) is 3.63. The summed E-state index contributed by atoms with van der Waals surface area (Å²) in [6, 6.07) is 7.80. The van der Waals surface area contributed by atoms with Crippen molar-refractivity contribution < 1.29 is 18.3 Å². The van der Waals surface area contributed by atoms with E-state index in [0.717, 1.165) is 31.4 Å². The van der Waals surface area contributed by atoms with Crippen LogP contribution in [0.3, 0.4) is 0 Å². The Labute approximate surface area is 248 Å². The van der Waals surface area contributed by atoms with E-state index >= 15 is 4.39 Å². The van der Waals surface area contributed by atoms with E-state index in [0.29, 0.717) is 29.6 Å². The summed E-state index contributed by atoms with van der Waals surface area (Å²) in [5.74, 6) is -0.811. The van der Waals surface area contributed by atoms with Crippen molar-refractivity contribution in [1.82, 2.24) is 24.8 Å². The Morgan fingerprint density at radius 2 is 2.09 bits per heavy atom. The lowest BCUT2D eigenvalue weighted by molar-refractivity contribution is -0.131. The zero-order valence-electron chi connectivity index (χ0n) is 24.1. The van der Waals surface area contributed by atoms with Gasteiger partial charge in [0.1, 0.15) is 23.6 Å². The first-order valence-electron chi connectivity index (χ1n) is 14.9. The number of hydrogen-bond acceptors (Lipinski definition) is 8. The molecule has 2 aromatic heterocycles. The summed E-state index contributed by atoms with van der Waals surface area (Å²) in [4.78, 5) is 31.8. The van der Waals surface area contributed by atoms with E-state index in [1.54, 1.807) is 6.20 Å². The highest BCUT2D eigenvalue weighted by atomic mass is 19.1. The van der Waals surface area contributed by atoms with Crippen LogP contribution in [0.4, 0.5) is 14.6 Å². The second-order valence-corrected chi connectivity index (χ2v) is 12.1. The molecular formula is C32H33F2N7O2. The number of halogens is 2. The molecule has 11 heteroatoms. The molecular weight excluding hydrogens is 552 g/mol. The molecule has 3 aromatic rings. The van der Waals surface area contributed by atoms with Crippen molar-refractivity contribution in [3.8, 4) is 23.3 Å². The standard InChI is InChI=1S/C32H33F2N7O2/c1-18(33)31(42)41-12-11-40(16-20(41)8-9-35)30-26-15-36-28(23-7-3-6-22-24-13-19(24)14-25(22)23)27(34)29(26)37-32(38-30)43-17-21-5-4-10-39(21)2/h3,6-7,15,19-21,24H,1,4-5,8,10-14,16-17H2,2H3/t19-,20+,21+,24-/m1/s1. The van der Waals surface area contributed by atoms with Gasteiger partial charge in [-0.15, -0.1) is 0 Å². The molecule has 2 aliphatic carbocycles. The molecule has 2 saturated heterocycles. The maximum absolute atomic E-state index is 16.5. The van der Waals surface area contributed by atoms with E-state index in [-0.39, 0.29) is 49.3 Å². The number of rotatable bonds is 7. The third-order valence-electron chi connectivity index (χ3n) is 9.58. The van der Waals surface area contributed by atoms with Gasteiger partial charge >= 0.3 is 6.01 Å². The zero-order valence-corrected chi connectivity index (χ0v) is 24.1. The number of nitrogens with zero attached hydrogens (tertiary/aromatic N) is 7. The highest BCUT2D eigenvalue weighted by molar-refractivity contribution is 5.93. The van der Waals surface area contributed by atoms with Crippen molar-refractivity contribution >= 4 is 22.6 Å². The third-order valence-corrected chi connectivity index (χ3v) is 9.58. The monoisotopic (exact) mass is 585 g/mol. The van der Waals surface area contributed by atoms with Gasteiger partial charge in [0.2, 0.25) is 0 Å². The molecule has 2 aliphatic heterocycles. The molecule has 0 spiro atoms. The number of anilines is 1. The number of likely N-dealkylation sites (tertiary alicyclic amines) is 1. The van der Waals surface area contributed by atoms with Gasteiger partial charge in [-0.05, 0) is 62.2 Å². The molecule has 43 heavy (non-hydrogen) atoms. The van der Waals surface area contributed by atoms with Crippen LogP contribution in [0.2, 0.25) is 0 Å². The minimum Gasteiger partial charge on any atom is -0.462 e. The number of carbonyl (C=O) groups is 1. The molecule has 9 nitrogen and oxygen atoms in total. The fourth-order valence-corrected chi connectivity index (χ4v) is 7.14. The lowest BCUT2D eigenvalue weighted by Gasteiger charge is -2.41. The average Bonchev–Trinajstić information content (AvgIpc) is 3.50. The van der Waals surface area contributed by atoms with Gasteiger partial charge in [-0.3, -0.25) is 9.78 Å². The topological polar surface area (TPSA) is 98.5 Å². The van der Waals surface area contributed by atoms with Crippen LogP contribution in [-0.4, -0.2) is 82.6 Å². The molecule has 4 atom stereocenters. The van der Waals surface area contributed by atoms with Crippen molar-refractivity contribution in [2.75, 3.05) is 44.7 Å². The average molecular weight is 586 g/mol. The predicted octanol–water partition coefficient (Wildman–Crippen LogP) is 4.38. The van der Waals surface area contributed by atoms with Gasteiger partial charge in [0.15, 0.2) is 11.6 Å². The Morgan fingerprint density at radius 3 is 2.86 bits per heavy atom. The molecule has 1 amide bonds. The predicted molar refractivity (Wildman–Crippen MR) is 157 cm³/mol. The zero-order chi connectivity index (χ0) is 29.8. The molecule has 3 fully saturated rings. The van der Waals surface area contributed by atoms with Gasteiger partial charge < -0.3 is 19.4 Å². The molecule has 0 N–H and O–H groups in total. The van der Waals surface area contributed by atoms with Crippen molar-refractivity contribution in [3.63, 3.8) is 0 Å². The van der Waals surface area contributed by atoms with Crippen LogP contribution in [0.15, 0.2) is 36.8 Å². The summed E-state index contributed by atoms with van der Waals surface area (Å²) in [5, 5.41) is 9.86. The van der Waals surface area contributed by atoms with Crippen LogP contribution in [0, 0.1) is 23.1 Å². The van der Waals surface area contributed by atoms with E-state index in [1.807, 2.05) is 17.0 Å². The van der Waals surface area contributed by atoms with Crippen molar-refractivity contribution in [2.45, 2.75) is 50.1 Å². The lowest BCUT2D eigenvalue weighted by Crippen LogP contribution is -2.55. The minimum atomic E-state index is -1.07. The number of ether oxygens (including phenoxy) is 1. The molecule has 1 aromatic carbocycles. The summed E-state index contributed by atoms with van der Waals surface area (Å²) in [7, 11) is 2.05.